The summed E-state index contributed by atoms with van der Waals surface area (Å²) in [7, 11) is 1.80. The van der Waals surface area contributed by atoms with Gasteiger partial charge in [0.1, 0.15) is 0 Å². The van der Waals surface area contributed by atoms with Crippen LogP contribution in [-0.2, 0) is 6.54 Å². The summed E-state index contributed by atoms with van der Waals surface area (Å²) in [4.78, 5) is 18.5. The van der Waals surface area contributed by atoms with E-state index < -0.39 is 0 Å². The maximum Gasteiger partial charge on any atom is 0.255 e. The minimum absolute atomic E-state index is 0.00114. The predicted molar refractivity (Wildman–Crippen MR) is 81.5 cm³/mol. The molecule has 3 nitrogen and oxygen atoms in total. The third-order valence-electron chi connectivity index (χ3n) is 2.83. The molecule has 0 radical (unpaired) electrons. The van der Waals surface area contributed by atoms with E-state index in [1.54, 1.807) is 23.3 Å². The molecular formula is C14H15BrN2OS. The standard InChI is InChI=1S/C14H15BrN2OS/c1-9-5-4-6-12(13(9)15)14(18)17(3)7-11-8-19-10(2)16-11/h4-6,8H,7H2,1-3H3. The molecule has 1 amide bonds. The molecule has 0 saturated heterocycles. The monoisotopic (exact) mass is 338 g/mol. The van der Waals surface area contributed by atoms with Crippen LogP contribution in [0.5, 0.6) is 0 Å². The average molecular weight is 339 g/mol. The highest BCUT2D eigenvalue weighted by atomic mass is 79.9. The summed E-state index contributed by atoms with van der Waals surface area (Å²) in [6.45, 7) is 4.47. The smallest absolute Gasteiger partial charge is 0.255 e. The van der Waals surface area contributed by atoms with E-state index in [4.69, 9.17) is 0 Å². The quantitative estimate of drug-likeness (QED) is 0.852. The van der Waals surface area contributed by atoms with Crippen LogP contribution in [0.2, 0.25) is 0 Å². The van der Waals surface area contributed by atoms with Crippen molar-refractivity contribution < 1.29 is 4.79 Å². The SMILES string of the molecule is Cc1nc(CN(C)C(=O)c2cccc(C)c2Br)cs1. The zero-order valence-corrected chi connectivity index (χ0v) is 13.5. The first-order chi connectivity index (χ1) is 8.99. The molecule has 2 rings (SSSR count). The molecule has 0 N–H and O–H groups in total. The Morgan fingerprint density at radius 1 is 1.42 bits per heavy atom. The van der Waals surface area contributed by atoms with Crippen molar-refractivity contribution >= 4 is 33.2 Å². The van der Waals surface area contributed by atoms with Crippen molar-refractivity contribution in [2.75, 3.05) is 7.05 Å². The van der Waals surface area contributed by atoms with Crippen LogP contribution in [0.15, 0.2) is 28.1 Å². The number of aryl methyl sites for hydroxylation is 2. The molecule has 1 heterocycles. The number of aromatic nitrogens is 1. The lowest BCUT2D eigenvalue weighted by molar-refractivity contribution is 0.0782. The normalized spacial score (nSPS) is 10.5. The topological polar surface area (TPSA) is 33.2 Å². The van der Waals surface area contributed by atoms with Crippen LogP contribution in [0.4, 0.5) is 0 Å². The van der Waals surface area contributed by atoms with Gasteiger partial charge in [0.2, 0.25) is 0 Å². The minimum atomic E-state index is 0.00114. The highest BCUT2D eigenvalue weighted by Gasteiger charge is 2.16. The first kappa shape index (κ1) is 14.2. The van der Waals surface area contributed by atoms with Gasteiger partial charge in [-0.15, -0.1) is 11.3 Å². The number of thiazole rings is 1. The Hall–Kier alpha value is -1.20. The number of amides is 1. The number of carbonyl (C=O) groups is 1. The molecule has 0 saturated carbocycles. The van der Waals surface area contributed by atoms with Gasteiger partial charge in [0, 0.05) is 16.9 Å². The lowest BCUT2D eigenvalue weighted by Crippen LogP contribution is -2.26. The van der Waals surface area contributed by atoms with Gasteiger partial charge in [-0.25, -0.2) is 4.98 Å². The van der Waals surface area contributed by atoms with Gasteiger partial charge in [-0.1, -0.05) is 12.1 Å². The lowest BCUT2D eigenvalue weighted by atomic mass is 10.1. The number of rotatable bonds is 3. The number of nitrogens with zero attached hydrogens (tertiary/aromatic N) is 2. The van der Waals surface area contributed by atoms with Gasteiger partial charge in [0.25, 0.3) is 5.91 Å². The van der Waals surface area contributed by atoms with Crippen LogP contribution in [0.25, 0.3) is 0 Å². The molecule has 0 fully saturated rings. The summed E-state index contributed by atoms with van der Waals surface area (Å²) < 4.78 is 0.862. The van der Waals surface area contributed by atoms with Crippen molar-refractivity contribution in [1.29, 1.82) is 0 Å². The van der Waals surface area contributed by atoms with E-state index in [1.807, 2.05) is 37.4 Å². The second kappa shape index (κ2) is 5.84. The van der Waals surface area contributed by atoms with Gasteiger partial charge in [0.05, 0.1) is 22.8 Å². The summed E-state index contributed by atoms with van der Waals surface area (Å²) in [6, 6.07) is 5.71. The number of carbonyl (C=O) groups excluding carboxylic acids is 1. The van der Waals surface area contributed by atoms with Crippen molar-refractivity contribution in [2.45, 2.75) is 20.4 Å². The van der Waals surface area contributed by atoms with Gasteiger partial charge >= 0.3 is 0 Å². The number of hydrogen-bond donors (Lipinski definition) is 0. The molecule has 1 aromatic carbocycles. The van der Waals surface area contributed by atoms with Crippen LogP contribution in [-0.4, -0.2) is 22.8 Å². The molecule has 0 aliphatic heterocycles. The Bertz CT molecular complexity index is 609. The van der Waals surface area contributed by atoms with Crippen LogP contribution < -0.4 is 0 Å². The Morgan fingerprint density at radius 2 is 2.16 bits per heavy atom. The fourth-order valence-electron chi connectivity index (χ4n) is 1.81. The van der Waals surface area contributed by atoms with E-state index in [0.717, 1.165) is 20.7 Å². The van der Waals surface area contributed by atoms with Crippen LogP contribution in [0.1, 0.15) is 26.6 Å². The molecule has 0 aliphatic rings. The molecule has 0 aliphatic carbocycles. The number of halogens is 1. The molecule has 100 valence electrons. The van der Waals surface area contributed by atoms with Gasteiger partial charge < -0.3 is 4.90 Å². The highest BCUT2D eigenvalue weighted by molar-refractivity contribution is 9.10. The number of hydrogen-bond acceptors (Lipinski definition) is 3. The summed E-state index contributed by atoms with van der Waals surface area (Å²) in [6.07, 6.45) is 0. The van der Waals surface area contributed by atoms with Crippen LogP contribution in [0, 0.1) is 13.8 Å². The molecular weight excluding hydrogens is 324 g/mol. The van der Waals surface area contributed by atoms with Crippen molar-refractivity contribution in [3.63, 3.8) is 0 Å². The van der Waals surface area contributed by atoms with Crippen LogP contribution in [0.3, 0.4) is 0 Å². The molecule has 1 aromatic heterocycles. The third kappa shape index (κ3) is 3.22. The zero-order valence-electron chi connectivity index (χ0n) is 11.1. The largest absolute Gasteiger partial charge is 0.336 e. The molecule has 0 unspecified atom stereocenters. The maximum absolute atomic E-state index is 12.4. The molecule has 2 aromatic rings. The summed E-state index contributed by atoms with van der Waals surface area (Å²) >= 11 is 5.08. The van der Waals surface area contributed by atoms with Gasteiger partial charge in [-0.2, -0.15) is 0 Å². The average Bonchev–Trinajstić information content (AvgIpc) is 2.77. The van der Waals surface area contributed by atoms with E-state index in [-0.39, 0.29) is 5.91 Å². The van der Waals surface area contributed by atoms with Gasteiger partial charge in [0.15, 0.2) is 0 Å². The predicted octanol–water partition coefficient (Wildman–Crippen LogP) is 3.79. The summed E-state index contributed by atoms with van der Waals surface area (Å²) in [5.74, 6) is 0.00114. The second-order valence-corrected chi connectivity index (χ2v) is 6.31. The van der Waals surface area contributed by atoms with Gasteiger partial charge in [-0.3, -0.25) is 4.79 Å². The first-order valence-corrected chi connectivity index (χ1v) is 7.58. The van der Waals surface area contributed by atoms with Crippen molar-refractivity contribution in [2.24, 2.45) is 0 Å². The second-order valence-electron chi connectivity index (χ2n) is 4.46. The highest BCUT2D eigenvalue weighted by Crippen LogP contribution is 2.22. The minimum Gasteiger partial charge on any atom is -0.336 e. The van der Waals surface area contributed by atoms with Crippen molar-refractivity contribution in [3.05, 3.63) is 49.9 Å². The van der Waals surface area contributed by atoms with Crippen molar-refractivity contribution in [3.8, 4) is 0 Å². The first-order valence-electron chi connectivity index (χ1n) is 5.90. The molecule has 0 bridgehead atoms. The summed E-state index contributed by atoms with van der Waals surface area (Å²) in [5.41, 5.74) is 2.68. The Morgan fingerprint density at radius 3 is 2.79 bits per heavy atom. The molecule has 0 spiro atoms. The fraction of sp³-hybridized carbons (Fsp3) is 0.286. The maximum atomic E-state index is 12.4. The van der Waals surface area contributed by atoms with E-state index in [9.17, 15) is 4.79 Å². The van der Waals surface area contributed by atoms with E-state index >= 15 is 0 Å². The van der Waals surface area contributed by atoms with Crippen LogP contribution >= 0.6 is 27.3 Å². The molecule has 0 atom stereocenters. The van der Waals surface area contributed by atoms with E-state index in [2.05, 4.69) is 20.9 Å². The fourth-order valence-corrected chi connectivity index (χ4v) is 2.85. The van der Waals surface area contributed by atoms with Crippen molar-refractivity contribution in [1.82, 2.24) is 9.88 Å². The molecule has 19 heavy (non-hydrogen) atoms. The number of benzene rings is 1. The molecule has 5 heteroatoms. The van der Waals surface area contributed by atoms with E-state index in [0.29, 0.717) is 12.1 Å². The Balaban J connectivity index is 2.17. The lowest BCUT2D eigenvalue weighted by Gasteiger charge is -2.17. The Kier molecular flexibility index (Phi) is 4.37. The zero-order chi connectivity index (χ0) is 14.0. The Labute approximate surface area is 125 Å². The van der Waals surface area contributed by atoms with Gasteiger partial charge in [-0.05, 0) is 41.4 Å². The third-order valence-corrected chi connectivity index (χ3v) is 4.71. The van der Waals surface area contributed by atoms with E-state index in [1.165, 1.54) is 0 Å². The summed E-state index contributed by atoms with van der Waals surface area (Å²) in [5, 5.41) is 3.01.